The zero-order valence-corrected chi connectivity index (χ0v) is 18.8. The predicted octanol–water partition coefficient (Wildman–Crippen LogP) is 4.50. The molecule has 1 N–H and O–H groups in total. The lowest BCUT2D eigenvalue weighted by molar-refractivity contribution is -0.122. The lowest BCUT2D eigenvalue weighted by Gasteiger charge is -2.35. The summed E-state index contributed by atoms with van der Waals surface area (Å²) in [6.07, 6.45) is 2.15. The quantitative estimate of drug-likeness (QED) is 0.693. The number of methoxy groups -OCH3 is 2. The number of rotatable bonds is 7. The first kappa shape index (κ1) is 21.9. The van der Waals surface area contributed by atoms with E-state index in [2.05, 4.69) is 12.2 Å². The standard InChI is InChI=1S/C26H29NO5/c1-4-11-32-18-7-5-16(6-8-18)21-15-25(29)27-22-12-17(13-23(28)26(21)22)20-14-19(30-2)9-10-24(20)31-3/h5-10,14,17,21H,4,11-13,15H2,1-3H3,(H,27,29)/t17-,21-/m1/s1. The molecule has 1 aliphatic carbocycles. The van der Waals surface area contributed by atoms with E-state index >= 15 is 0 Å². The van der Waals surface area contributed by atoms with Crippen molar-refractivity contribution in [3.63, 3.8) is 0 Å². The molecule has 1 aliphatic heterocycles. The van der Waals surface area contributed by atoms with Gasteiger partial charge in [0.2, 0.25) is 5.91 Å². The number of nitrogens with one attached hydrogen (secondary N) is 1. The van der Waals surface area contributed by atoms with Gasteiger partial charge in [-0.15, -0.1) is 0 Å². The molecule has 0 saturated carbocycles. The second-order valence-corrected chi connectivity index (χ2v) is 8.25. The topological polar surface area (TPSA) is 73.9 Å². The van der Waals surface area contributed by atoms with Crippen molar-refractivity contribution in [3.05, 3.63) is 64.9 Å². The van der Waals surface area contributed by atoms with Gasteiger partial charge in [0.15, 0.2) is 5.78 Å². The third-order valence-corrected chi connectivity index (χ3v) is 6.17. The number of carbonyl (C=O) groups excluding carboxylic acids is 2. The van der Waals surface area contributed by atoms with Gasteiger partial charge in [0.1, 0.15) is 17.2 Å². The SMILES string of the molecule is CCCOc1ccc([C@H]2CC(=O)NC3=C2C(=O)C[C@H](c2cc(OC)ccc2OC)C3)cc1. The van der Waals surface area contributed by atoms with Gasteiger partial charge in [-0.3, -0.25) is 9.59 Å². The molecule has 0 unspecified atom stereocenters. The Morgan fingerprint density at radius 1 is 0.938 bits per heavy atom. The van der Waals surface area contributed by atoms with Crippen LogP contribution in [0.5, 0.6) is 17.2 Å². The van der Waals surface area contributed by atoms with Crippen LogP contribution in [0.3, 0.4) is 0 Å². The maximum absolute atomic E-state index is 13.4. The van der Waals surface area contributed by atoms with Crippen molar-refractivity contribution in [2.75, 3.05) is 20.8 Å². The molecule has 0 aromatic heterocycles. The summed E-state index contributed by atoms with van der Waals surface area (Å²) in [4.78, 5) is 25.9. The fourth-order valence-corrected chi connectivity index (χ4v) is 4.64. The highest BCUT2D eigenvalue weighted by atomic mass is 16.5. The van der Waals surface area contributed by atoms with E-state index in [4.69, 9.17) is 14.2 Å². The van der Waals surface area contributed by atoms with Crippen molar-refractivity contribution in [1.82, 2.24) is 5.32 Å². The summed E-state index contributed by atoms with van der Waals surface area (Å²) in [5.74, 6) is 1.90. The van der Waals surface area contributed by atoms with Gasteiger partial charge in [0, 0.05) is 41.5 Å². The highest BCUT2D eigenvalue weighted by Crippen LogP contribution is 2.45. The number of ether oxygens (including phenoxy) is 3. The summed E-state index contributed by atoms with van der Waals surface area (Å²) < 4.78 is 16.6. The third-order valence-electron chi connectivity index (χ3n) is 6.17. The number of Topliss-reactive ketones (excluding diaryl/α,β-unsaturated/α-hetero) is 1. The fraction of sp³-hybridized carbons (Fsp3) is 0.385. The van der Waals surface area contributed by atoms with E-state index in [1.54, 1.807) is 14.2 Å². The Labute approximate surface area is 188 Å². The molecule has 1 amide bonds. The number of ketones is 1. The van der Waals surface area contributed by atoms with Crippen molar-refractivity contribution < 1.29 is 23.8 Å². The molecule has 6 heteroatoms. The molecular formula is C26H29NO5. The lowest BCUT2D eigenvalue weighted by atomic mass is 9.73. The first-order chi connectivity index (χ1) is 15.5. The van der Waals surface area contributed by atoms with E-state index < -0.39 is 0 Å². The molecule has 32 heavy (non-hydrogen) atoms. The molecule has 0 fully saturated rings. The highest BCUT2D eigenvalue weighted by molar-refractivity contribution is 6.02. The Kier molecular flexibility index (Phi) is 6.49. The smallest absolute Gasteiger partial charge is 0.225 e. The van der Waals surface area contributed by atoms with Crippen molar-refractivity contribution in [3.8, 4) is 17.2 Å². The second kappa shape index (κ2) is 9.47. The van der Waals surface area contributed by atoms with Crippen LogP contribution in [-0.4, -0.2) is 32.5 Å². The predicted molar refractivity (Wildman–Crippen MR) is 121 cm³/mol. The van der Waals surface area contributed by atoms with Crippen LogP contribution in [0.25, 0.3) is 0 Å². The summed E-state index contributed by atoms with van der Waals surface area (Å²) in [7, 11) is 3.23. The van der Waals surface area contributed by atoms with Gasteiger partial charge in [0.25, 0.3) is 0 Å². The maximum atomic E-state index is 13.4. The average molecular weight is 436 g/mol. The maximum Gasteiger partial charge on any atom is 0.225 e. The molecule has 0 bridgehead atoms. The van der Waals surface area contributed by atoms with Gasteiger partial charge in [-0.25, -0.2) is 0 Å². The van der Waals surface area contributed by atoms with E-state index in [0.29, 0.717) is 30.9 Å². The monoisotopic (exact) mass is 435 g/mol. The van der Waals surface area contributed by atoms with Gasteiger partial charge >= 0.3 is 0 Å². The number of benzene rings is 2. The molecule has 2 aromatic rings. The highest BCUT2D eigenvalue weighted by Gasteiger charge is 2.38. The number of hydrogen-bond acceptors (Lipinski definition) is 5. The Hall–Kier alpha value is -3.28. The van der Waals surface area contributed by atoms with Crippen LogP contribution in [0, 0.1) is 0 Å². The second-order valence-electron chi connectivity index (χ2n) is 8.25. The zero-order chi connectivity index (χ0) is 22.7. The Bertz CT molecular complexity index is 1040. The molecule has 2 atom stereocenters. The molecule has 2 aliphatic rings. The van der Waals surface area contributed by atoms with Gasteiger partial charge in [-0.2, -0.15) is 0 Å². The summed E-state index contributed by atoms with van der Waals surface area (Å²) >= 11 is 0. The van der Waals surface area contributed by atoms with Crippen LogP contribution >= 0.6 is 0 Å². The van der Waals surface area contributed by atoms with Gasteiger partial charge in [-0.05, 0) is 48.7 Å². The zero-order valence-electron chi connectivity index (χ0n) is 18.8. The molecule has 1 heterocycles. The van der Waals surface area contributed by atoms with Crippen molar-refractivity contribution in [1.29, 1.82) is 0 Å². The third kappa shape index (κ3) is 4.35. The molecule has 2 aromatic carbocycles. The van der Waals surface area contributed by atoms with Crippen LogP contribution in [0.15, 0.2) is 53.7 Å². The van der Waals surface area contributed by atoms with Crippen molar-refractivity contribution >= 4 is 11.7 Å². The number of allylic oxidation sites excluding steroid dienone is 2. The molecule has 4 rings (SSSR count). The number of carbonyl (C=O) groups is 2. The minimum Gasteiger partial charge on any atom is -0.497 e. The molecule has 0 radical (unpaired) electrons. The Balaban J connectivity index is 1.65. The van der Waals surface area contributed by atoms with Gasteiger partial charge < -0.3 is 19.5 Å². The van der Waals surface area contributed by atoms with E-state index in [9.17, 15) is 9.59 Å². The van der Waals surface area contributed by atoms with E-state index in [-0.39, 0.29) is 29.9 Å². The summed E-state index contributed by atoms with van der Waals surface area (Å²) in [5, 5.41) is 2.98. The average Bonchev–Trinajstić information content (AvgIpc) is 2.81. The normalized spacial score (nSPS) is 20.5. The minimum absolute atomic E-state index is 0.0638. The van der Waals surface area contributed by atoms with Crippen LogP contribution in [-0.2, 0) is 9.59 Å². The molecule has 0 saturated heterocycles. The fourth-order valence-electron chi connectivity index (χ4n) is 4.64. The lowest BCUT2D eigenvalue weighted by Crippen LogP contribution is -2.38. The minimum atomic E-state index is -0.236. The van der Waals surface area contributed by atoms with Crippen LogP contribution < -0.4 is 19.5 Å². The number of hydrogen-bond donors (Lipinski definition) is 1. The van der Waals surface area contributed by atoms with Crippen LogP contribution in [0.2, 0.25) is 0 Å². The van der Waals surface area contributed by atoms with Gasteiger partial charge in [0.05, 0.1) is 20.8 Å². The van der Waals surface area contributed by atoms with Crippen molar-refractivity contribution in [2.45, 2.75) is 44.4 Å². The van der Waals surface area contributed by atoms with E-state index in [1.165, 1.54) is 0 Å². The molecule has 168 valence electrons. The van der Waals surface area contributed by atoms with Crippen LogP contribution in [0.1, 0.15) is 55.6 Å². The first-order valence-electron chi connectivity index (χ1n) is 11.0. The Morgan fingerprint density at radius 3 is 2.38 bits per heavy atom. The molecule has 0 spiro atoms. The van der Waals surface area contributed by atoms with Gasteiger partial charge in [-0.1, -0.05) is 19.1 Å². The van der Waals surface area contributed by atoms with Crippen molar-refractivity contribution in [2.24, 2.45) is 0 Å². The number of amides is 1. The summed E-state index contributed by atoms with van der Waals surface area (Å²) in [6, 6.07) is 13.4. The largest absolute Gasteiger partial charge is 0.497 e. The summed E-state index contributed by atoms with van der Waals surface area (Å²) in [6.45, 7) is 2.72. The Morgan fingerprint density at radius 2 is 1.69 bits per heavy atom. The van der Waals surface area contributed by atoms with E-state index in [1.807, 2.05) is 42.5 Å². The summed E-state index contributed by atoms with van der Waals surface area (Å²) in [5.41, 5.74) is 3.33. The first-order valence-corrected chi connectivity index (χ1v) is 11.0. The molecular weight excluding hydrogens is 406 g/mol. The van der Waals surface area contributed by atoms with E-state index in [0.717, 1.165) is 34.6 Å². The molecule has 6 nitrogen and oxygen atoms in total. The van der Waals surface area contributed by atoms with Crippen LogP contribution in [0.4, 0.5) is 0 Å².